The molecule has 1 aliphatic rings. The molecular formula is C13H20O4Si. The standard InChI is InChI=1S/C13H20O4Si/c1-14-10-6-7-11(13(16-3)12(10)15-2)18-9-5-4-8-17-18/h6-7,18H,4-5,8-9H2,1-3H3. The average molecular weight is 268 g/mol. The number of methoxy groups -OCH3 is 3. The lowest BCUT2D eigenvalue weighted by molar-refractivity contribution is 0.292. The van der Waals surface area contributed by atoms with E-state index in [9.17, 15) is 0 Å². The Hall–Kier alpha value is -1.20. The highest BCUT2D eigenvalue weighted by Gasteiger charge is 2.26. The number of ether oxygens (including phenoxy) is 3. The Balaban J connectivity index is 2.40. The van der Waals surface area contributed by atoms with E-state index in [0.717, 1.165) is 18.4 Å². The zero-order chi connectivity index (χ0) is 13.0. The van der Waals surface area contributed by atoms with Gasteiger partial charge in [-0.2, -0.15) is 0 Å². The molecule has 0 aromatic heterocycles. The van der Waals surface area contributed by atoms with Crippen molar-refractivity contribution in [3.8, 4) is 17.2 Å². The van der Waals surface area contributed by atoms with Gasteiger partial charge in [-0.3, -0.25) is 0 Å². The molecule has 1 fully saturated rings. The van der Waals surface area contributed by atoms with Crippen LogP contribution in [0.4, 0.5) is 0 Å². The van der Waals surface area contributed by atoms with Crippen molar-refractivity contribution >= 4 is 14.2 Å². The maximum absolute atomic E-state index is 5.94. The summed E-state index contributed by atoms with van der Waals surface area (Å²) in [6.07, 6.45) is 2.41. The van der Waals surface area contributed by atoms with Crippen molar-refractivity contribution in [2.45, 2.75) is 18.9 Å². The number of benzene rings is 1. The van der Waals surface area contributed by atoms with Gasteiger partial charge in [-0.05, 0) is 18.5 Å². The van der Waals surface area contributed by atoms with E-state index < -0.39 is 9.04 Å². The molecule has 1 atom stereocenters. The predicted molar refractivity (Wildman–Crippen MR) is 72.9 cm³/mol. The monoisotopic (exact) mass is 268 g/mol. The molecule has 1 aromatic carbocycles. The fourth-order valence-electron chi connectivity index (χ4n) is 2.36. The zero-order valence-electron chi connectivity index (χ0n) is 11.2. The molecule has 1 aliphatic heterocycles. The quantitative estimate of drug-likeness (QED) is 0.775. The normalized spacial score (nSPS) is 19.4. The number of hydrogen-bond donors (Lipinski definition) is 0. The maximum Gasteiger partial charge on any atom is 0.212 e. The summed E-state index contributed by atoms with van der Waals surface area (Å²) in [5.74, 6) is 2.14. The van der Waals surface area contributed by atoms with Crippen LogP contribution in [0.3, 0.4) is 0 Å². The van der Waals surface area contributed by atoms with Gasteiger partial charge in [0.1, 0.15) is 0 Å². The van der Waals surface area contributed by atoms with Gasteiger partial charge < -0.3 is 18.6 Å². The second-order valence-corrected chi connectivity index (χ2v) is 6.79. The van der Waals surface area contributed by atoms with Gasteiger partial charge >= 0.3 is 0 Å². The van der Waals surface area contributed by atoms with E-state index in [0.29, 0.717) is 11.5 Å². The third-order valence-corrected chi connectivity index (χ3v) is 5.98. The molecule has 5 heteroatoms. The molecule has 1 heterocycles. The average Bonchev–Trinajstić information content (AvgIpc) is 2.46. The van der Waals surface area contributed by atoms with Crippen LogP contribution in [0.25, 0.3) is 0 Å². The van der Waals surface area contributed by atoms with E-state index in [2.05, 4.69) is 6.07 Å². The summed E-state index contributed by atoms with van der Waals surface area (Å²) in [5.41, 5.74) is 0. The minimum atomic E-state index is -1.38. The van der Waals surface area contributed by atoms with Gasteiger partial charge in [0.25, 0.3) is 0 Å². The molecule has 0 N–H and O–H groups in total. The third kappa shape index (κ3) is 2.47. The van der Waals surface area contributed by atoms with Crippen molar-refractivity contribution in [1.82, 2.24) is 0 Å². The highest BCUT2D eigenvalue weighted by atomic mass is 28.3. The Morgan fingerprint density at radius 1 is 1.00 bits per heavy atom. The molecule has 0 radical (unpaired) electrons. The third-order valence-electron chi connectivity index (χ3n) is 3.26. The van der Waals surface area contributed by atoms with Crippen molar-refractivity contribution in [1.29, 1.82) is 0 Å². The largest absolute Gasteiger partial charge is 0.493 e. The van der Waals surface area contributed by atoms with Gasteiger partial charge in [0.15, 0.2) is 11.5 Å². The fraction of sp³-hybridized carbons (Fsp3) is 0.538. The van der Waals surface area contributed by atoms with Crippen LogP contribution in [0, 0.1) is 0 Å². The van der Waals surface area contributed by atoms with Crippen molar-refractivity contribution in [2.75, 3.05) is 27.9 Å². The Bertz CT molecular complexity index is 402. The summed E-state index contributed by atoms with van der Waals surface area (Å²) in [6, 6.07) is 5.15. The highest BCUT2D eigenvalue weighted by molar-refractivity contribution is 6.68. The molecular weight excluding hydrogens is 248 g/mol. The van der Waals surface area contributed by atoms with Gasteiger partial charge in [-0.15, -0.1) is 0 Å². The van der Waals surface area contributed by atoms with Gasteiger partial charge in [0, 0.05) is 11.8 Å². The SMILES string of the molecule is COc1ccc([SiH]2CCCCO2)c(OC)c1OC. The second kappa shape index (κ2) is 6.11. The summed E-state index contributed by atoms with van der Waals surface area (Å²) in [5, 5.41) is 1.18. The van der Waals surface area contributed by atoms with E-state index >= 15 is 0 Å². The first-order valence-electron chi connectivity index (χ1n) is 6.22. The maximum atomic E-state index is 5.94. The van der Waals surface area contributed by atoms with Crippen LogP contribution in [0.2, 0.25) is 6.04 Å². The van der Waals surface area contributed by atoms with Crippen LogP contribution in [0.15, 0.2) is 12.1 Å². The summed E-state index contributed by atoms with van der Waals surface area (Å²) in [7, 11) is 3.55. The van der Waals surface area contributed by atoms with E-state index in [1.807, 2.05) is 6.07 Å². The summed E-state index contributed by atoms with van der Waals surface area (Å²) < 4.78 is 22.2. The molecule has 0 saturated carbocycles. The molecule has 0 bridgehead atoms. The molecule has 2 rings (SSSR count). The van der Waals surface area contributed by atoms with Crippen LogP contribution < -0.4 is 19.4 Å². The second-order valence-electron chi connectivity index (χ2n) is 4.28. The molecule has 1 saturated heterocycles. The molecule has 0 spiro atoms. The summed E-state index contributed by atoms with van der Waals surface area (Å²) >= 11 is 0. The summed E-state index contributed by atoms with van der Waals surface area (Å²) in [4.78, 5) is 0. The lowest BCUT2D eigenvalue weighted by Crippen LogP contribution is -2.37. The fourth-order valence-corrected chi connectivity index (χ4v) is 4.98. The molecule has 18 heavy (non-hydrogen) atoms. The molecule has 0 amide bonds. The number of hydrogen-bond acceptors (Lipinski definition) is 4. The van der Waals surface area contributed by atoms with Crippen molar-refractivity contribution in [3.63, 3.8) is 0 Å². The lowest BCUT2D eigenvalue weighted by Gasteiger charge is -2.24. The van der Waals surface area contributed by atoms with Crippen LogP contribution in [-0.2, 0) is 4.43 Å². The van der Waals surface area contributed by atoms with Crippen molar-refractivity contribution in [3.05, 3.63) is 12.1 Å². The topological polar surface area (TPSA) is 36.9 Å². The van der Waals surface area contributed by atoms with Gasteiger partial charge in [0.05, 0.1) is 21.3 Å². The minimum absolute atomic E-state index is 0.666. The summed E-state index contributed by atoms with van der Waals surface area (Å²) in [6.45, 7) is 0.869. The van der Waals surface area contributed by atoms with E-state index in [1.165, 1.54) is 18.0 Å². The first kappa shape index (κ1) is 13.2. The van der Waals surface area contributed by atoms with E-state index in [1.54, 1.807) is 21.3 Å². The Labute approximate surface area is 110 Å². The smallest absolute Gasteiger partial charge is 0.212 e. The first-order chi connectivity index (χ1) is 8.81. The van der Waals surface area contributed by atoms with Crippen molar-refractivity contribution in [2.24, 2.45) is 0 Å². The Morgan fingerprint density at radius 2 is 1.78 bits per heavy atom. The zero-order valence-corrected chi connectivity index (χ0v) is 12.3. The first-order valence-corrected chi connectivity index (χ1v) is 8.08. The predicted octanol–water partition coefficient (Wildman–Crippen LogP) is 1.45. The lowest BCUT2D eigenvalue weighted by atomic mass is 10.3. The Morgan fingerprint density at radius 3 is 2.33 bits per heavy atom. The van der Waals surface area contributed by atoms with E-state index in [-0.39, 0.29) is 0 Å². The van der Waals surface area contributed by atoms with Crippen LogP contribution >= 0.6 is 0 Å². The molecule has 100 valence electrons. The Kier molecular flexibility index (Phi) is 4.49. The molecule has 1 unspecified atom stereocenters. The van der Waals surface area contributed by atoms with Gasteiger partial charge in [-0.1, -0.05) is 12.5 Å². The van der Waals surface area contributed by atoms with Gasteiger partial charge in [-0.25, -0.2) is 0 Å². The van der Waals surface area contributed by atoms with Crippen molar-refractivity contribution < 1.29 is 18.6 Å². The minimum Gasteiger partial charge on any atom is -0.493 e. The number of rotatable bonds is 4. The van der Waals surface area contributed by atoms with Crippen LogP contribution in [-0.4, -0.2) is 37.0 Å². The molecule has 4 nitrogen and oxygen atoms in total. The molecule has 0 aliphatic carbocycles. The highest BCUT2D eigenvalue weighted by Crippen LogP contribution is 2.36. The molecule has 1 aromatic rings. The van der Waals surface area contributed by atoms with E-state index in [4.69, 9.17) is 18.6 Å². The van der Waals surface area contributed by atoms with Gasteiger partial charge in [0.2, 0.25) is 14.8 Å². The van der Waals surface area contributed by atoms with Crippen LogP contribution in [0.1, 0.15) is 12.8 Å². The van der Waals surface area contributed by atoms with Crippen LogP contribution in [0.5, 0.6) is 17.2 Å².